The van der Waals surface area contributed by atoms with Crippen LogP contribution in [0.25, 0.3) is 11.3 Å². The quantitative estimate of drug-likeness (QED) is 0.463. The smallest absolute Gasteiger partial charge is 0.272 e. The van der Waals surface area contributed by atoms with Crippen molar-refractivity contribution in [3.63, 3.8) is 0 Å². The number of amides is 1. The predicted octanol–water partition coefficient (Wildman–Crippen LogP) is 5.27. The highest BCUT2D eigenvalue weighted by molar-refractivity contribution is 6.31. The Balaban J connectivity index is 1.69. The van der Waals surface area contributed by atoms with Crippen LogP contribution in [-0.2, 0) is 6.54 Å². The molecule has 1 amide bonds. The lowest BCUT2D eigenvalue weighted by Crippen LogP contribution is -2.42. The van der Waals surface area contributed by atoms with Crippen molar-refractivity contribution in [3.05, 3.63) is 75.9 Å². The minimum atomic E-state index is -0.0949. The van der Waals surface area contributed by atoms with Gasteiger partial charge in [-0.25, -0.2) is 0 Å². The van der Waals surface area contributed by atoms with Crippen LogP contribution in [0.3, 0.4) is 0 Å². The van der Waals surface area contributed by atoms with E-state index in [1.807, 2.05) is 21.7 Å². The van der Waals surface area contributed by atoms with E-state index < -0.39 is 0 Å². The van der Waals surface area contributed by atoms with Gasteiger partial charge in [-0.2, -0.15) is 10.4 Å². The molecular weight excluding hydrogens is 424 g/mol. The Labute approximate surface area is 192 Å². The summed E-state index contributed by atoms with van der Waals surface area (Å²) in [6.45, 7) is 3.17. The van der Waals surface area contributed by atoms with Gasteiger partial charge in [0.05, 0.1) is 23.4 Å². The van der Waals surface area contributed by atoms with E-state index in [2.05, 4.69) is 13.0 Å². The maximum atomic E-state index is 13.3. The van der Waals surface area contributed by atoms with Crippen molar-refractivity contribution in [1.82, 2.24) is 14.7 Å². The van der Waals surface area contributed by atoms with Crippen LogP contribution in [0.2, 0.25) is 5.02 Å². The number of aldehydes is 1. The van der Waals surface area contributed by atoms with Crippen LogP contribution in [0.15, 0.2) is 48.5 Å². The molecule has 6 nitrogen and oxygen atoms in total. The summed E-state index contributed by atoms with van der Waals surface area (Å²) in [5.74, 6) is -0.0949. The van der Waals surface area contributed by atoms with Gasteiger partial charge in [-0.05, 0) is 42.3 Å². The second kappa shape index (κ2) is 9.37. The van der Waals surface area contributed by atoms with Gasteiger partial charge >= 0.3 is 0 Å². The zero-order valence-corrected chi connectivity index (χ0v) is 18.5. The Kier molecular flexibility index (Phi) is 6.38. The molecule has 1 aromatic heterocycles. The summed E-state index contributed by atoms with van der Waals surface area (Å²) in [6.07, 6.45) is 3.74. The first-order valence-corrected chi connectivity index (χ1v) is 11.0. The molecule has 1 atom stereocenters. The topological polar surface area (TPSA) is 79.0 Å². The normalized spacial score (nSPS) is 15.3. The molecule has 2 aromatic carbocycles. The van der Waals surface area contributed by atoms with Crippen molar-refractivity contribution in [2.45, 2.75) is 38.8 Å². The third-order valence-electron chi connectivity index (χ3n) is 5.78. The Morgan fingerprint density at radius 2 is 2.00 bits per heavy atom. The Hall–Kier alpha value is -3.43. The molecule has 2 heterocycles. The van der Waals surface area contributed by atoms with Crippen molar-refractivity contribution in [1.29, 1.82) is 5.26 Å². The number of unbranched alkanes of at least 4 members (excludes halogenated alkanes) is 1. The molecule has 1 aliphatic heterocycles. The largest absolute Gasteiger partial charge is 0.331 e. The van der Waals surface area contributed by atoms with Gasteiger partial charge in [0.2, 0.25) is 0 Å². The van der Waals surface area contributed by atoms with E-state index >= 15 is 0 Å². The third kappa shape index (κ3) is 4.30. The number of fused-ring (bicyclic) bond motifs is 1. The zero-order chi connectivity index (χ0) is 22.7. The first kappa shape index (κ1) is 21.8. The van der Waals surface area contributed by atoms with Crippen LogP contribution < -0.4 is 0 Å². The Morgan fingerprint density at radius 1 is 1.22 bits per heavy atom. The molecular formula is C25H23ClN4O2. The summed E-state index contributed by atoms with van der Waals surface area (Å²) < 4.78 is 1.83. The lowest BCUT2D eigenvalue weighted by molar-refractivity contribution is 0.0635. The summed E-state index contributed by atoms with van der Waals surface area (Å²) in [7, 11) is 0. The molecule has 162 valence electrons. The number of hydrogen-bond acceptors (Lipinski definition) is 4. The number of nitriles is 1. The predicted molar refractivity (Wildman–Crippen MR) is 123 cm³/mol. The maximum absolute atomic E-state index is 13.3. The van der Waals surface area contributed by atoms with Gasteiger partial charge in [-0.15, -0.1) is 0 Å². The summed E-state index contributed by atoms with van der Waals surface area (Å²) in [4.78, 5) is 26.8. The highest BCUT2D eigenvalue weighted by atomic mass is 35.5. The molecule has 0 radical (unpaired) electrons. The van der Waals surface area contributed by atoms with Crippen LogP contribution in [0, 0.1) is 11.3 Å². The number of carbonyl (C=O) groups excluding carboxylic acids is 2. The summed E-state index contributed by atoms with van der Waals surface area (Å²) in [6, 6.07) is 16.3. The minimum absolute atomic E-state index is 0.0572. The van der Waals surface area contributed by atoms with E-state index in [0.717, 1.165) is 31.1 Å². The van der Waals surface area contributed by atoms with Gasteiger partial charge in [0.1, 0.15) is 5.69 Å². The average Bonchev–Trinajstić information content (AvgIpc) is 3.26. The van der Waals surface area contributed by atoms with Gasteiger partial charge in [-0.3, -0.25) is 14.3 Å². The van der Waals surface area contributed by atoms with Crippen molar-refractivity contribution in [2.24, 2.45) is 0 Å². The molecule has 0 fully saturated rings. The van der Waals surface area contributed by atoms with E-state index in [9.17, 15) is 9.59 Å². The van der Waals surface area contributed by atoms with Gasteiger partial charge in [0.15, 0.2) is 6.29 Å². The van der Waals surface area contributed by atoms with E-state index in [-0.39, 0.29) is 11.9 Å². The molecule has 7 heteroatoms. The molecule has 0 saturated carbocycles. The lowest BCUT2D eigenvalue weighted by Gasteiger charge is -2.33. The van der Waals surface area contributed by atoms with Crippen molar-refractivity contribution >= 4 is 23.8 Å². The number of carbonyl (C=O) groups is 2. The fourth-order valence-corrected chi connectivity index (χ4v) is 4.28. The molecule has 1 aliphatic rings. The standard InChI is InChI=1S/C25H23ClN4O2/c1-2-3-4-21-15-29(14-18-7-5-17(13-27)6-8-18)25(32)24-12-23(28-30(21)24)22-10-9-20(26)11-19(22)16-31/h5-12,16,21H,2-4,14-15H2,1H3. The van der Waals surface area contributed by atoms with Crippen LogP contribution in [0.4, 0.5) is 0 Å². The molecule has 0 aliphatic carbocycles. The molecule has 3 aromatic rings. The van der Waals surface area contributed by atoms with E-state index in [4.69, 9.17) is 22.0 Å². The van der Waals surface area contributed by atoms with E-state index in [1.54, 1.807) is 36.4 Å². The SMILES string of the molecule is CCCCC1CN(Cc2ccc(C#N)cc2)C(=O)c2cc(-c3ccc(Cl)cc3C=O)nn21. The number of hydrogen-bond donors (Lipinski definition) is 0. The van der Waals surface area contributed by atoms with E-state index in [0.29, 0.717) is 46.2 Å². The van der Waals surface area contributed by atoms with Gasteiger partial charge in [0, 0.05) is 29.2 Å². The minimum Gasteiger partial charge on any atom is -0.331 e. The maximum Gasteiger partial charge on any atom is 0.272 e. The Bertz CT molecular complexity index is 1190. The highest BCUT2D eigenvalue weighted by Crippen LogP contribution is 2.31. The molecule has 0 spiro atoms. The first-order valence-electron chi connectivity index (χ1n) is 10.7. The first-order chi connectivity index (χ1) is 15.5. The number of aromatic nitrogens is 2. The molecule has 4 rings (SSSR count). The van der Waals surface area contributed by atoms with Gasteiger partial charge in [-0.1, -0.05) is 49.6 Å². The molecule has 1 unspecified atom stereocenters. The van der Waals surface area contributed by atoms with Gasteiger partial charge < -0.3 is 4.90 Å². The summed E-state index contributed by atoms with van der Waals surface area (Å²) >= 11 is 6.04. The van der Waals surface area contributed by atoms with Crippen molar-refractivity contribution in [2.75, 3.05) is 6.54 Å². The second-order valence-corrected chi connectivity index (χ2v) is 8.44. The zero-order valence-electron chi connectivity index (χ0n) is 17.8. The molecule has 0 bridgehead atoms. The van der Waals surface area contributed by atoms with Crippen LogP contribution in [0.5, 0.6) is 0 Å². The third-order valence-corrected chi connectivity index (χ3v) is 6.02. The summed E-state index contributed by atoms with van der Waals surface area (Å²) in [5.41, 5.74) is 3.78. The second-order valence-electron chi connectivity index (χ2n) is 8.00. The fraction of sp³-hybridized carbons (Fsp3) is 0.280. The van der Waals surface area contributed by atoms with Crippen LogP contribution in [-0.4, -0.2) is 33.4 Å². The highest BCUT2D eigenvalue weighted by Gasteiger charge is 2.33. The van der Waals surface area contributed by atoms with Crippen LogP contribution in [0.1, 0.15) is 64.2 Å². The molecule has 32 heavy (non-hydrogen) atoms. The number of halogens is 1. The van der Waals surface area contributed by atoms with Gasteiger partial charge in [0.25, 0.3) is 5.91 Å². The van der Waals surface area contributed by atoms with E-state index in [1.165, 1.54) is 0 Å². The molecule has 0 N–H and O–H groups in total. The monoisotopic (exact) mass is 446 g/mol. The van der Waals surface area contributed by atoms with Crippen molar-refractivity contribution in [3.8, 4) is 17.3 Å². The Morgan fingerprint density at radius 3 is 2.69 bits per heavy atom. The number of rotatable bonds is 7. The molecule has 0 saturated heterocycles. The number of nitrogens with zero attached hydrogens (tertiary/aromatic N) is 4. The number of benzene rings is 2. The van der Waals surface area contributed by atoms with Crippen molar-refractivity contribution < 1.29 is 9.59 Å². The lowest BCUT2D eigenvalue weighted by atomic mass is 10.0. The average molecular weight is 447 g/mol. The van der Waals surface area contributed by atoms with Crippen LogP contribution >= 0.6 is 11.6 Å². The fourth-order valence-electron chi connectivity index (χ4n) is 4.10. The summed E-state index contributed by atoms with van der Waals surface area (Å²) in [5, 5.41) is 14.2.